The van der Waals surface area contributed by atoms with Crippen LogP contribution < -0.4 is 9.47 Å². The van der Waals surface area contributed by atoms with Crippen molar-refractivity contribution in [3.05, 3.63) is 58.6 Å². The van der Waals surface area contributed by atoms with Crippen LogP contribution in [0.15, 0.2) is 53.0 Å². The van der Waals surface area contributed by atoms with E-state index in [1.54, 1.807) is 24.3 Å². The van der Waals surface area contributed by atoms with Crippen LogP contribution in [0.25, 0.3) is 0 Å². The zero-order chi connectivity index (χ0) is 18.9. The maximum Gasteiger partial charge on any atom is 0.159 e. The number of hydrogen-bond acceptors (Lipinski definition) is 5. The third kappa shape index (κ3) is 7.15. The Morgan fingerprint density at radius 2 is 1.65 bits per heavy atom. The quantitative estimate of drug-likeness (QED) is 0.595. The number of aliphatic hydroxyl groups is 1. The third-order valence-corrected chi connectivity index (χ3v) is 4.31. The topological polar surface area (TPSA) is 59.0 Å². The Morgan fingerprint density at radius 1 is 1.08 bits per heavy atom. The minimum atomic E-state index is -0.611. The van der Waals surface area contributed by atoms with E-state index in [0.717, 1.165) is 10.2 Å². The highest BCUT2D eigenvalue weighted by atomic mass is 79.9. The number of ketones is 1. The van der Waals surface area contributed by atoms with E-state index in [4.69, 9.17) is 9.47 Å². The molecule has 2 rings (SSSR count). The van der Waals surface area contributed by atoms with Crippen LogP contribution in [0.3, 0.4) is 0 Å². The first-order valence-corrected chi connectivity index (χ1v) is 9.22. The van der Waals surface area contributed by atoms with Gasteiger partial charge in [0.05, 0.1) is 0 Å². The molecule has 0 radical (unpaired) electrons. The molecule has 2 aromatic carbocycles. The number of benzene rings is 2. The molecule has 140 valence electrons. The number of Topliss-reactive ketones (excluding diaryl/α,β-unsaturated/α-hetero) is 1. The number of nitrogens with zero attached hydrogens (tertiary/aromatic N) is 1. The highest BCUT2D eigenvalue weighted by Gasteiger charge is 2.10. The number of hydrogen-bond donors (Lipinski definition) is 1. The summed E-state index contributed by atoms with van der Waals surface area (Å²) in [6.45, 7) is 3.43. The number of likely N-dealkylation sites (N-methyl/N-ethyl adjacent to an activating group) is 1. The van der Waals surface area contributed by atoms with Crippen molar-refractivity contribution in [1.82, 2.24) is 4.90 Å². The highest BCUT2D eigenvalue weighted by molar-refractivity contribution is 9.10. The molecule has 0 saturated heterocycles. The van der Waals surface area contributed by atoms with Crippen molar-refractivity contribution in [2.75, 3.05) is 33.4 Å². The van der Waals surface area contributed by atoms with Gasteiger partial charge in [0.2, 0.25) is 0 Å². The first-order chi connectivity index (χ1) is 12.4. The fraction of sp³-hybridized carbons (Fsp3) is 0.350. The largest absolute Gasteiger partial charge is 0.492 e. The van der Waals surface area contributed by atoms with Gasteiger partial charge in [-0.05, 0) is 62.5 Å². The second-order valence-corrected chi connectivity index (χ2v) is 7.03. The first-order valence-electron chi connectivity index (χ1n) is 8.43. The van der Waals surface area contributed by atoms with Crippen LogP contribution in [0.1, 0.15) is 17.3 Å². The lowest BCUT2D eigenvalue weighted by Gasteiger charge is -2.21. The molecule has 5 nitrogen and oxygen atoms in total. The summed E-state index contributed by atoms with van der Waals surface area (Å²) in [6.07, 6.45) is -0.611. The molecule has 0 amide bonds. The molecule has 0 aliphatic carbocycles. The van der Waals surface area contributed by atoms with Crippen molar-refractivity contribution in [3.8, 4) is 11.5 Å². The van der Waals surface area contributed by atoms with E-state index in [2.05, 4.69) is 15.9 Å². The van der Waals surface area contributed by atoms with Crippen LogP contribution in [-0.2, 0) is 0 Å². The molecular weight excluding hydrogens is 398 g/mol. The molecule has 1 atom stereocenters. The zero-order valence-electron chi connectivity index (χ0n) is 15.0. The predicted octanol–water partition coefficient (Wildman–Crippen LogP) is 3.40. The Labute approximate surface area is 162 Å². The van der Waals surface area contributed by atoms with Gasteiger partial charge in [0.25, 0.3) is 0 Å². The van der Waals surface area contributed by atoms with Crippen molar-refractivity contribution in [1.29, 1.82) is 0 Å². The van der Waals surface area contributed by atoms with Gasteiger partial charge in [0, 0.05) is 23.1 Å². The lowest BCUT2D eigenvalue weighted by Crippen LogP contribution is -2.35. The SMILES string of the molecule is CC(=O)c1ccc(OC[C@H](O)CN(C)CCOc2ccc(Br)cc2)cc1. The summed E-state index contributed by atoms with van der Waals surface area (Å²) in [6, 6.07) is 14.6. The number of ether oxygens (including phenoxy) is 2. The fourth-order valence-electron chi connectivity index (χ4n) is 2.33. The summed E-state index contributed by atoms with van der Waals surface area (Å²) in [4.78, 5) is 13.2. The highest BCUT2D eigenvalue weighted by Crippen LogP contribution is 2.16. The minimum Gasteiger partial charge on any atom is -0.492 e. The second-order valence-electron chi connectivity index (χ2n) is 6.11. The van der Waals surface area contributed by atoms with Gasteiger partial charge in [-0.1, -0.05) is 15.9 Å². The van der Waals surface area contributed by atoms with Gasteiger partial charge in [-0.2, -0.15) is 0 Å². The summed E-state index contributed by atoms with van der Waals surface area (Å²) in [7, 11) is 1.93. The molecule has 0 heterocycles. The summed E-state index contributed by atoms with van der Waals surface area (Å²) in [5.41, 5.74) is 0.642. The van der Waals surface area contributed by atoms with Crippen molar-refractivity contribution >= 4 is 21.7 Å². The molecule has 26 heavy (non-hydrogen) atoms. The molecule has 0 fully saturated rings. The minimum absolute atomic E-state index is 0.0172. The summed E-state index contributed by atoms with van der Waals surface area (Å²) < 4.78 is 12.2. The van der Waals surface area contributed by atoms with Gasteiger partial charge >= 0.3 is 0 Å². The van der Waals surface area contributed by atoms with Crippen molar-refractivity contribution in [2.24, 2.45) is 0 Å². The van der Waals surface area contributed by atoms with E-state index < -0.39 is 6.10 Å². The third-order valence-electron chi connectivity index (χ3n) is 3.78. The lowest BCUT2D eigenvalue weighted by molar-refractivity contribution is 0.0722. The van der Waals surface area contributed by atoms with Gasteiger partial charge in [-0.25, -0.2) is 0 Å². The molecule has 0 bridgehead atoms. The van der Waals surface area contributed by atoms with Crippen LogP contribution >= 0.6 is 15.9 Å². The van der Waals surface area contributed by atoms with E-state index in [0.29, 0.717) is 31.0 Å². The predicted molar refractivity (Wildman–Crippen MR) is 105 cm³/mol. The maximum absolute atomic E-state index is 11.2. The molecule has 0 unspecified atom stereocenters. The van der Waals surface area contributed by atoms with Crippen LogP contribution in [0.4, 0.5) is 0 Å². The van der Waals surface area contributed by atoms with Gasteiger partial charge in [0.1, 0.15) is 30.8 Å². The summed E-state index contributed by atoms with van der Waals surface area (Å²) in [5.74, 6) is 1.47. The molecule has 0 aromatic heterocycles. The monoisotopic (exact) mass is 421 g/mol. The van der Waals surface area contributed by atoms with Crippen LogP contribution in [-0.4, -0.2) is 55.2 Å². The van der Waals surface area contributed by atoms with E-state index in [9.17, 15) is 9.90 Å². The van der Waals surface area contributed by atoms with Gasteiger partial charge < -0.3 is 19.5 Å². The van der Waals surface area contributed by atoms with E-state index >= 15 is 0 Å². The van der Waals surface area contributed by atoms with Gasteiger partial charge in [0.15, 0.2) is 5.78 Å². The number of rotatable bonds is 10. The Morgan fingerprint density at radius 3 is 2.27 bits per heavy atom. The summed E-state index contributed by atoms with van der Waals surface area (Å²) in [5, 5.41) is 10.1. The molecule has 0 aliphatic heterocycles. The van der Waals surface area contributed by atoms with Crippen LogP contribution in [0.5, 0.6) is 11.5 Å². The van der Waals surface area contributed by atoms with Crippen molar-refractivity contribution in [2.45, 2.75) is 13.0 Å². The van der Waals surface area contributed by atoms with Crippen LogP contribution in [0.2, 0.25) is 0 Å². The standard InChI is InChI=1S/C20H24BrNO4/c1-15(23)16-3-7-20(8-4-16)26-14-18(24)13-22(2)11-12-25-19-9-5-17(21)6-10-19/h3-10,18,24H,11-14H2,1-2H3/t18-/m1/s1. The number of carbonyl (C=O) groups excluding carboxylic acids is 1. The molecule has 0 saturated carbocycles. The molecular formula is C20H24BrNO4. The zero-order valence-corrected chi connectivity index (χ0v) is 16.6. The van der Waals surface area contributed by atoms with Crippen molar-refractivity contribution in [3.63, 3.8) is 0 Å². The fourth-order valence-corrected chi connectivity index (χ4v) is 2.60. The Balaban J connectivity index is 1.65. The van der Waals surface area contributed by atoms with E-state index in [1.165, 1.54) is 6.92 Å². The molecule has 1 N–H and O–H groups in total. The number of carbonyl (C=O) groups is 1. The van der Waals surface area contributed by atoms with Crippen molar-refractivity contribution < 1.29 is 19.4 Å². The summed E-state index contributed by atoms with van der Waals surface area (Å²) >= 11 is 3.39. The number of halogens is 1. The maximum atomic E-state index is 11.2. The Hall–Kier alpha value is -1.89. The second kappa shape index (κ2) is 10.3. The van der Waals surface area contributed by atoms with E-state index in [1.807, 2.05) is 36.2 Å². The average Bonchev–Trinajstić information content (AvgIpc) is 2.62. The normalized spacial score (nSPS) is 12.0. The molecule has 6 heteroatoms. The van der Waals surface area contributed by atoms with Gasteiger partial charge in [-0.3, -0.25) is 4.79 Å². The first kappa shape index (κ1) is 20.4. The van der Waals surface area contributed by atoms with Gasteiger partial charge in [-0.15, -0.1) is 0 Å². The lowest BCUT2D eigenvalue weighted by atomic mass is 10.1. The molecule has 2 aromatic rings. The van der Waals surface area contributed by atoms with Crippen LogP contribution in [0, 0.1) is 0 Å². The molecule has 0 aliphatic rings. The Kier molecular flexibility index (Phi) is 8.09. The Bertz CT molecular complexity index is 688. The average molecular weight is 422 g/mol. The number of aliphatic hydroxyl groups excluding tert-OH is 1. The molecule has 0 spiro atoms. The van der Waals surface area contributed by atoms with E-state index in [-0.39, 0.29) is 12.4 Å². The smallest absolute Gasteiger partial charge is 0.159 e.